The summed E-state index contributed by atoms with van der Waals surface area (Å²) in [5.74, 6) is -1.61. The number of carbonyl (C=O) groups is 2. The summed E-state index contributed by atoms with van der Waals surface area (Å²) in [7, 11) is 0. The maximum Gasteiger partial charge on any atom is 0.348 e. The van der Waals surface area contributed by atoms with Gasteiger partial charge in [0.1, 0.15) is 23.3 Å². The highest BCUT2D eigenvalue weighted by Crippen LogP contribution is 2.31. The number of ether oxygens (including phenoxy) is 2. The third kappa shape index (κ3) is 6.16. The summed E-state index contributed by atoms with van der Waals surface area (Å²) in [4.78, 5) is 30.5. The fourth-order valence-electron chi connectivity index (χ4n) is 3.54. The number of nitrogens with zero attached hydrogens (tertiary/aromatic N) is 2. The van der Waals surface area contributed by atoms with Crippen molar-refractivity contribution in [3.8, 4) is 12.1 Å². The first-order valence-electron chi connectivity index (χ1n) is 11.0. The van der Waals surface area contributed by atoms with Gasteiger partial charge in [-0.1, -0.05) is 30.3 Å². The van der Waals surface area contributed by atoms with Crippen molar-refractivity contribution in [2.24, 2.45) is 0 Å². The Morgan fingerprint density at radius 1 is 0.800 bits per heavy atom. The average molecular weight is 469 g/mol. The van der Waals surface area contributed by atoms with Crippen molar-refractivity contribution >= 4 is 24.1 Å². The maximum absolute atomic E-state index is 12.0. The van der Waals surface area contributed by atoms with Crippen molar-refractivity contribution in [1.82, 2.24) is 9.97 Å². The third-order valence-electron chi connectivity index (χ3n) is 5.05. The standard InChI is InChI=1S/C27H24N4O4/c1-3-34-26(32)19(16-28)14-21-10-12-23(30-21)25(18-8-6-5-7-9-18)24-13-11-22(31-24)15-20(17-29)27(33)35-4-2/h5-15,25,30-31H,3-4H2,1-2H3/b19-14+,20-15+. The largest absolute Gasteiger partial charge is 0.462 e. The molecule has 0 saturated carbocycles. The highest BCUT2D eigenvalue weighted by atomic mass is 16.5. The number of aromatic nitrogens is 2. The molecule has 35 heavy (non-hydrogen) atoms. The highest BCUT2D eigenvalue weighted by Gasteiger charge is 2.21. The van der Waals surface area contributed by atoms with Crippen LogP contribution in [0.15, 0.2) is 65.7 Å². The minimum Gasteiger partial charge on any atom is -0.462 e. The molecule has 0 bridgehead atoms. The topological polar surface area (TPSA) is 132 Å². The van der Waals surface area contributed by atoms with Crippen molar-refractivity contribution in [2.75, 3.05) is 13.2 Å². The molecule has 8 nitrogen and oxygen atoms in total. The smallest absolute Gasteiger partial charge is 0.348 e. The number of nitriles is 2. The van der Waals surface area contributed by atoms with Gasteiger partial charge in [0.15, 0.2) is 0 Å². The fraction of sp³-hybridized carbons (Fsp3) is 0.185. The van der Waals surface area contributed by atoms with Crippen LogP contribution in [0.4, 0.5) is 0 Å². The van der Waals surface area contributed by atoms with Gasteiger partial charge >= 0.3 is 11.9 Å². The van der Waals surface area contributed by atoms with Crippen LogP contribution in [-0.2, 0) is 19.1 Å². The molecular weight excluding hydrogens is 444 g/mol. The van der Waals surface area contributed by atoms with Gasteiger partial charge < -0.3 is 19.4 Å². The van der Waals surface area contributed by atoms with Crippen LogP contribution in [0.3, 0.4) is 0 Å². The number of hydrogen-bond donors (Lipinski definition) is 2. The minimum absolute atomic E-state index is 0.105. The predicted octanol–water partition coefficient (Wildman–Crippen LogP) is 4.46. The molecule has 1 aromatic carbocycles. The lowest BCUT2D eigenvalue weighted by Gasteiger charge is -2.15. The van der Waals surface area contributed by atoms with Gasteiger partial charge in [0, 0.05) is 22.8 Å². The minimum atomic E-state index is -0.679. The summed E-state index contributed by atoms with van der Waals surface area (Å²) in [6.07, 6.45) is 2.90. The zero-order valence-electron chi connectivity index (χ0n) is 19.4. The summed E-state index contributed by atoms with van der Waals surface area (Å²) < 4.78 is 9.85. The van der Waals surface area contributed by atoms with E-state index in [9.17, 15) is 20.1 Å². The van der Waals surface area contributed by atoms with Gasteiger partial charge in [-0.15, -0.1) is 0 Å². The second-order valence-corrected chi connectivity index (χ2v) is 7.36. The van der Waals surface area contributed by atoms with Crippen molar-refractivity contribution in [2.45, 2.75) is 19.8 Å². The molecule has 3 rings (SSSR count). The number of aromatic amines is 2. The first kappa shape index (κ1) is 24.8. The van der Waals surface area contributed by atoms with E-state index in [2.05, 4.69) is 9.97 Å². The lowest BCUT2D eigenvalue weighted by atomic mass is 9.93. The van der Waals surface area contributed by atoms with Crippen LogP contribution < -0.4 is 0 Å². The first-order chi connectivity index (χ1) is 17.0. The van der Waals surface area contributed by atoms with Crippen LogP contribution in [0.2, 0.25) is 0 Å². The lowest BCUT2D eigenvalue weighted by molar-refractivity contribution is -0.138. The predicted molar refractivity (Wildman–Crippen MR) is 129 cm³/mol. The van der Waals surface area contributed by atoms with Crippen molar-refractivity contribution in [3.63, 3.8) is 0 Å². The number of H-pyrrole nitrogens is 2. The van der Waals surface area contributed by atoms with E-state index in [0.717, 1.165) is 17.0 Å². The Kier molecular flexibility index (Phi) is 8.42. The zero-order valence-corrected chi connectivity index (χ0v) is 19.4. The van der Waals surface area contributed by atoms with Gasteiger partial charge in [0.25, 0.3) is 0 Å². The average Bonchev–Trinajstić information content (AvgIpc) is 3.52. The normalized spacial score (nSPS) is 12.3. The van der Waals surface area contributed by atoms with E-state index in [-0.39, 0.29) is 30.3 Å². The van der Waals surface area contributed by atoms with Crippen LogP contribution >= 0.6 is 0 Å². The maximum atomic E-state index is 12.0. The van der Waals surface area contributed by atoms with E-state index in [1.54, 1.807) is 26.0 Å². The van der Waals surface area contributed by atoms with E-state index >= 15 is 0 Å². The number of carbonyl (C=O) groups excluding carboxylic acids is 2. The molecule has 0 aliphatic rings. The van der Waals surface area contributed by atoms with Gasteiger partial charge in [-0.3, -0.25) is 0 Å². The Morgan fingerprint density at radius 3 is 1.66 bits per heavy atom. The SMILES string of the molecule is CCOC(=O)/C(C#N)=C/c1ccc(C(c2ccccc2)c2ccc(/C=C(\C#N)C(=O)OCC)[nH]2)[nH]1. The number of nitrogens with one attached hydrogen (secondary N) is 2. The Balaban J connectivity index is 2.00. The van der Waals surface area contributed by atoms with E-state index in [4.69, 9.17) is 9.47 Å². The molecule has 2 heterocycles. The summed E-state index contributed by atoms with van der Waals surface area (Å²) >= 11 is 0. The van der Waals surface area contributed by atoms with E-state index in [1.165, 1.54) is 12.2 Å². The quantitative estimate of drug-likeness (QED) is 0.271. The van der Waals surface area contributed by atoms with E-state index < -0.39 is 11.9 Å². The number of hydrogen-bond acceptors (Lipinski definition) is 6. The molecule has 0 aliphatic heterocycles. The molecule has 3 aromatic rings. The van der Waals surface area contributed by atoms with Gasteiger partial charge in [-0.25, -0.2) is 9.59 Å². The van der Waals surface area contributed by atoms with Gasteiger partial charge in [0.05, 0.1) is 19.1 Å². The zero-order chi connectivity index (χ0) is 25.2. The van der Waals surface area contributed by atoms with Gasteiger partial charge in [-0.05, 0) is 55.8 Å². The molecule has 2 aromatic heterocycles. The van der Waals surface area contributed by atoms with Gasteiger partial charge in [0.2, 0.25) is 0 Å². The van der Waals surface area contributed by atoms with Crippen LogP contribution in [0.25, 0.3) is 12.2 Å². The molecule has 0 fully saturated rings. The molecule has 2 N–H and O–H groups in total. The molecule has 0 saturated heterocycles. The highest BCUT2D eigenvalue weighted by molar-refractivity contribution is 5.98. The first-order valence-corrected chi connectivity index (χ1v) is 11.0. The molecule has 0 unspecified atom stereocenters. The fourth-order valence-corrected chi connectivity index (χ4v) is 3.54. The van der Waals surface area contributed by atoms with E-state index in [1.807, 2.05) is 54.6 Å². The summed E-state index contributed by atoms with van der Waals surface area (Å²) in [5, 5.41) is 18.6. The monoisotopic (exact) mass is 468 g/mol. The second-order valence-electron chi connectivity index (χ2n) is 7.36. The van der Waals surface area contributed by atoms with Crippen LogP contribution in [0, 0.1) is 22.7 Å². The molecule has 0 amide bonds. The van der Waals surface area contributed by atoms with E-state index in [0.29, 0.717) is 11.4 Å². The van der Waals surface area contributed by atoms with Crippen molar-refractivity contribution in [1.29, 1.82) is 10.5 Å². The molecule has 176 valence electrons. The Morgan fingerprint density at radius 2 is 1.26 bits per heavy atom. The van der Waals surface area contributed by atoms with Crippen molar-refractivity contribution in [3.05, 3.63) is 94.1 Å². The van der Waals surface area contributed by atoms with Crippen molar-refractivity contribution < 1.29 is 19.1 Å². The Hall–Kier alpha value is -4.82. The van der Waals surface area contributed by atoms with Crippen LogP contribution in [0.5, 0.6) is 0 Å². The van der Waals surface area contributed by atoms with Crippen LogP contribution in [0.1, 0.15) is 48.1 Å². The number of esters is 2. The summed E-state index contributed by atoms with van der Waals surface area (Å²) in [6.45, 7) is 3.71. The molecule has 0 radical (unpaired) electrons. The molecule has 0 atom stereocenters. The second kappa shape index (κ2) is 11.9. The summed E-state index contributed by atoms with van der Waals surface area (Å²) in [5.41, 5.74) is 3.55. The summed E-state index contributed by atoms with van der Waals surface area (Å²) in [6, 6.07) is 20.8. The number of benzene rings is 1. The van der Waals surface area contributed by atoms with Crippen LogP contribution in [-0.4, -0.2) is 35.1 Å². The molecule has 0 spiro atoms. The van der Waals surface area contributed by atoms with Gasteiger partial charge in [-0.2, -0.15) is 10.5 Å². The lowest BCUT2D eigenvalue weighted by Crippen LogP contribution is -2.07. The molecule has 8 heteroatoms. The molecule has 0 aliphatic carbocycles. The Bertz CT molecular complexity index is 1250. The Labute approximate surface area is 203 Å². The number of rotatable bonds is 9. The molecular formula is C27H24N4O4. The third-order valence-corrected chi connectivity index (χ3v) is 5.05.